The van der Waals surface area contributed by atoms with E-state index in [0.29, 0.717) is 22.7 Å². The average molecular weight is 399 g/mol. The van der Waals surface area contributed by atoms with Crippen LogP contribution in [-0.4, -0.2) is 39.8 Å². The van der Waals surface area contributed by atoms with Crippen LogP contribution in [0.1, 0.15) is 26.3 Å². The van der Waals surface area contributed by atoms with Crippen LogP contribution >= 0.6 is 11.6 Å². The van der Waals surface area contributed by atoms with Crippen LogP contribution in [-0.2, 0) is 6.54 Å². The van der Waals surface area contributed by atoms with E-state index in [1.54, 1.807) is 16.9 Å². The molecular weight excluding hydrogens is 380 g/mol. The maximum absolute atomic E-state index is 12.2. The van der Waals surface area contributed by atoms with Crippen molar-refractivity contribution in [3.05, 3.63) is 82.6 Å². The predicted octanol–water partition coefficient (Wildman–Crippen LogP) is 2.45. The molecule has 0 aliphatic heterocycles. The molecule has 1 aromatic heterocycles. The molecule has 0 aliphatic rings. The molecule has 0 aliphatic carbocycles. The van der Waals surface area contributed by atoms with Crippen molar-refractivity contribution in [1.82, 2.24) is 20.4 Å². The fraction of sp³-hybridized carbons (Fsp3) is 0.150. The molecule has 0 bridgehead atoms. The molecule has 0 atom stereocenters. The zero-order chi connectivity index (χ0) is 19.9. The van der Waals surface area contributed by atoms with Gasteiger partial charge in [0.2, 0.25) is 0 Å². The smallest absolute Gasteiger partial charge is 0.254 e. The monoisotopic (exact) mass is 398 g/mol. The summed E-state index contributed by atoms with van der Waals surface area (Å²) in [6, 6.07) is 13.4. The molecule has 28 heavy (non-hydrogen) atoms. The van der Waals surface area contributed by atoms with Crippen LogP contribution in [0.2, 0.25) is 5.02 Å². The van der Waals surface area contributed by atoms with Gasteiger partial charge in [0.1, 0.15) is 5.75 Å². The highest BCUT2D eigenvalue weighted by atomic mass is 35.5. The largest absolute Gasteiger partial charge is 0.508 e. The number of hydrogen-bond donors (Lipinski definition) is 3. The number of carbonyl (C=O) groups excluding carboxylic acids is 2. The van der Waals surface area contributed by atoms with Gasteiger partial charge >= 0.3 is 0 Å². The molecule has 2 aromatic carbocycles. The van der Waals surface area contributed by atoms with Gasteiger partial charge in [-0.05, 0) is 35.9 Å². The molecule has 0 unspecified atom stereocenters. The van der Waals surface area contributed by atoms with E-state index in [0.717, 1.165) is 5.56 Å². The van der Waals surface area contributed by atoms with Gasteiger partial charge in [-0.15, -0.1) is 0 Å². The summed E-state index contributed by atoms with van der Waals surface area (Å²) >= 11 is 6.14. The summed E-state index contributed by atoms with van der Waals surface area (Å²) in [5, 5.41) is 19.5. The Hall–Kier alpha value is -3.32. The molecule has 0 radical (unpaired) electrons. The van der Waals surface area contributed by atoms with E-state index in [4.69, 9.17) is 11.6 Å². The van der Waals surface area contributed by atoms with E-state index in [1.807, 2.05) is 18.2 Å². The second-order valence-corrected chi connectivity index (χ2v) is 6.48. The van der Waals surface area contributed by atoms with Crippen molar-refractivity contribution in [2.24, 2.45) is 0 Å². The van der Waals surface area contributed by atoms with E-state index in [9.17, 15) is 14.7 Å². The maximum atomic E-state index is 12.2. The Kier molecular flexibility index (Phi) is 6.29. The van der Waals surface area contributed by atoms with E-state index < -0.39 is 0 Å². The minimum absolute atomic E-state index is 0.0962. The summed E-state index contributed by atoms with van der Waals surface area (Å²) in [5.41, 5.74) is 1.78. The van der Waals surface area contributed by atoms with Gasteiger partial charge in [0.05, 0.1) is 18.3 Å². The molecule has 8 heteroatoms. The van der Waals surface area contributed by atoms with Crippen LogP contribution in [0.15, 0.2) is 60.9 Å². The quantitative estimate of drug-likeness (QED) is 0.532. The Labute approximate surface area is 166 Å². The molecule has 0 spiro atoms. The van der Waals surface area contributed by atoms with Crippen LogP contribution in [0.4, 0.5) is 0 Å². The van der Waals surface area contributed by atoms with E-state index in [2.05, 4.69) is 15.7 Å². The normalized spacial score (nSPS) is 10.5. The molecule has 3 N–H and O–H groups in total. The molecule has 144 valence electrons. The van der Waals surface area contributed by atoms with Crippen LogP contribution in [0.3, 0.4) is 0 Å². The van der Waals surface area contributed by atoms with Gasteiger partial charge in [-0.3, -0.25) is 14.3 Å². The molecule has 0 saturated heterocycles. The first-order valence-electron chi connectivity index (χ1n) is 8.64. The van der Waals surface area contributed by atoms with Crippen molar-refractivity contribution in [3.63, 3.8) is 0 Å². The van der Waals surface area contributed by atoms with Crippen molar-refractivity contribution in [1.29, 1.82) is 0 Å². The van der Waals surface area contributed by atoms with Crippen molar-refractivity contribution >= 4 is 23.4 Å². The number of nitrogens with one attached hydrogen (secondary N) is 2. The minimum atomic E-state index is -0.276. The van der Waals surface area contributed by atoms with Crippen molar-refractivity contribution < 1.29 is 14.7 Å². The molecule has 0 saturated carbocycles. The van der Waals surface area contributed by atoms with Crippen LogP contribution < -0.4 is 10.6 Å². The Morgan fingerprint density at radius 3 is 2.29 bits per heavy atom. The number of phenols is 1. The molecule has 3 aromatic rings. The van der Waals surface area contributed by atoms with Crippen LogP contribution in [0.25, 0.3) is 0 Å². The summed E-state index contributed by atoms with van der Waals surface area (Å²) in [6.07, 6.45) is 3.13. The second kappa shape index (κ2) is 9.05. The van der Waals surface area contributed by atoms with E-state index in [1.165, 1.54) is 30.5 Å². The fourth-order valence-corrected chi connectivity index (χ4v) is 2.73. The highest BCUT2D eigenvalue weighted by Gasteiger charge is 2.10. The lowest BCUT2D eigenvalue weighted by molar-refractivity contribution is 0.0927. The highest BCUT2D eigenvalue weighted by Crippen LogP contribution is 2.16. The first-order valence-corrected chi connectivity index (χ1v) is 9.02. The van der Waals surface area contributed by atoms with Gasteiger partial charge in [0, 0.05) is 29.9 Å². The van der Waals surface area contributed by atoms with E-state index >= 15 is 0 Å². The third kappa shape index (κ3) is 5.11. The van der Waals surface area contributed by atoms with Gasteiger partial charge in [-0.25, -0.2) is 0 Å². The zero-order valence-electron chi connectivity index (χ0n) is 14.9. The fourth-order valence-electron chi connectivity index (χ4n) is 2.54. The third-order valence-electron chi connectivity index (χ3n) is 4.01. The summed E-state index contributed by atoms with van der Waals surface area (Å²) in [5.74, 6) is -0.454. The summed E-state index contributed by atoms with van der Waals surface area (Å²) < 4.78 is 1.64. The predicted molar refractivity (Wildman–Crippen MR) is 106 cm³/mol. The van der Waals surface area contributed by atoms with Crippen molar-refractivity contribution in [2.45, 2.75) is 6.54 Å². The number of aromatic nitrogens is 2. The third-order valence-corrected chi connectivity index (χ3v) is 4.38. The van der Waals surface area contributed by atoms with Gasteiger partial charge < -0.3 is 15.7 Å². The minimum Gasteiger partial charge on any atom is -0.508 e. The Balaban J connectivity index is 1.45. The number of carbonyl (C=O) groups is 2. The standard InChI is InChI=1S/C20H19ClN4O3/c21-18-4-2-1-3-15(18)12-25-13-16(11-24-25)20(28)23-10-9-22-19(27)14-5-7-17(26)8-6-14/h1-8,11,13,26H,9-10,12H2,(H,22,27)(H,23,28). The summed E-state index contributed by atoms with van der Waals surface area (Å²) in [7, 11) is 0. The number of halogens is 1. The van der Waals surface area contributed by atoms with Crippen molar-refractivity contribution in [2.75, 3.05) is 13.1 Å². The molecular formula is C20H19ClN4O3. The van der Waals surface area contributed by atoms with Gasteiger partial charge in [0.25, 0.3) is 11.8 Å². The SMILES string of the molecule is O=C(NCCNC(=O)c1cnn(Cc2ccccc2Cl)c1)c1ccc(O)cc1. The number of benzene rings is 2. The zero-order valence-corrected chi connectivity index (χ0v) is 15.7. The average Bonchev–Trinajstić information content (AvgIpc) is 3.16. The van der Waals surface area contributed by atoms with Gasteiger partial charge in [0.15, 0.2) is 0 Å². The lowest BCUT2D eigenvalue weighted by Crippen LogP contribution is -2.34. The number of rotatable bonds is 7. The first kappa shape index (κ1) is 19.4. The molecule has 2 amide bonds. The maximum Gasteiger partial charge on any atom is 0.254 e. The number of amides is 2. The molecule has 0 fully saturated rings. The molecule has 1 heterocycles. The van der Waals surface area contributed by atoms with Gasteiger partial charge in [-0.2, -0.15) is 5.10 Å². The Morgan fingerprint density at radius 1 is 0.964 bits per heavy atom. The summed E-state index contributed by atoms with van der Waals surface area (Å²) in [6.45, 7) is 1.02. The number of nitrogens with zero attached hydrogens (tertiary/aromatic N) is 2. The van der Waals surface area contributed by atoms with E-state index in [-0.39, 0.29) is 30.7 Å². The molecule has 7 nitrogen and oxygen atoms in total. The lowest BCUT2D eigenvalue weighted by atomic mass is 10.2. The van der Waals surface area contributed by atoms with Crippen molar-refractivity contribution in [3.8, 4) is 5.75 Å². The Morgan fingerprint density at radius 2 is 1.61 bits per heavy atom. The number of phenolic OH excluding ortho intramolecular Hbond substituents is 1. The van der Waals surface area contributed by atoms with Crippen LogP contribution in [0.5, 0.6) is 5.75 Å². The van der Waals surface area contributed by atoms with Gasteiger partial charge in [-0.1, -0.05) is 29.8 Å². The Bertz CT molecular complexity index is 970. The topological polar surface area (TPSA) is 96.3 Å². The van der Waals surface area contributed by atoms with Crippen LogP contribution in [0, 0.1) is 0 Å². The molecule has 3 rings (SSSR count). The lowest BCUT2D eigenvalue weighted by Gasteiger charge is -2.06. The number of hydrogen-bond acceptors (Lipinski definition) is 4. The summed E-state index contributed by atoms with van der Waals surface area (Å²) in [4.78, 5) is 24.1. The second-order valence-electron chi connectivity index (χ2n) is 6.08. The first-order chi connectivity index (χ1) is 13.5. The number of aromatic hydroxyl groups is 1. The highest BCUT2D eigenvalue weighted by molar-refractivity contribution is 6.31.